The fourth-order valence-electron chi connectivity index (χ4n) is 5.23. The number of piperazine rings is 2. The second-order valence-corrected chi connectivity index (χ2v) is 11.8. The molecule has 0 aromatic heterocycles. The van der Waals surface area contributed by atoms with Crippen molar-refractivity contribution in [3.63, 3.8) is 0 Å². The summed E-state index contributed by atoms with van der Waals surface area (Å²) in [5.41, 5.74) is 1.92. The average molecular weight is 646 g/mol. The number of halogens is 2. The summed E-state index contributed by atoms with van der Waals surface area (Å²) in [6, 6.07) is 25.0. The van der Waals surface area contributed by atoms with E-state index in [0.29, 0.717) is 29.9 Å². The number of carbonyl (C=O) groups is 1. The molecule has 1 amide bonds. The number of amides is 1. The van der Waals surface area contributed by atoms with E-state index in [9.17, 15) is 4.79 Å². The third-order valence-electron chi connectivity index (χ3n) is 7.74. The van der Waals surface area contributed by atoms with Crippen LogP contribution in [-0.4, -0.2) is 85.2 Å². The van der Waals surface area contributed by atoms with E-state index in [2.05, 4.69) is 52.6 Å². The first kappa shape index (κ1) is 34.4. The second kappa shape index (κ2) is 18.5. The van der Waals surface area contributed by atoms with Gasteiger partial charge in [0, 0.05) is 73.5 Å². The number of benzene rings is 3. The van der Waals surface area contributed by atoms with E-state index in [1.54, 1.807) is 17.0 Å². The van der Waals surface area contributed by atoms with Gasteiger partial charge in [0.2, 0.25) is 0 Å². The molecular formula is C37H42Cl2N4O2. The van der Waals surface area contributed by atoms with Crippen LogP contribution >= 0.6 is 23.2 Å². The zero-order chi connectivity index (χ0) is 31.9. The molecule has 2 saturated heterocycles. The highest BCUT2D eigenvalue weighted by molar-refractivity contribution is 6.30. The van der Waals surface area contributed by atoms with Crippen LogP contribution in [0.4, 0.5) is 4.79 Å². The van der Waals surface area contributed by atoms with Gasteiger partial charge in [0.05, 0.1) is 12.1 Å². The number of para-hydroxylation sites is 1. The predicted molar refractivity (Wildman–Crippen MR) is 185 cm³/mol. The van der Waals surface area contributed by atoms with Crippen LogP contribution in [0.1, 0.15) is 37.8 Å². The highest BCUT2D eigenvalue weighted by atomic mass is 35.5. The quantitative estimate of drug-likeness (QED) is 0.315. The summed E-state index contributed by atoms with van der Waals surface area (Å²) in [7, 11) is 0. The molecule has 0 radical (unpaired) electrons. The number of rotatable bonds is 5. The normalized spacial score (nSPS) is 16.5. The third-order valence-corrected chi connectivity index (χ3v) is 8.21. The van der Waals surface area contributed by atoms with Crippen LogP contribution in [0.25, 0.3) is 0 Å². The number of hydrogen-bond donors (Lipinski definition) is 1. The van der Waals surface area contributed by atoms with Gasteiger partial charge in [-0.2, -0.15) is 0 Å². The Labute approximate surface area is 278 Å². The van der Waals surface area contributed by atoms with Crippen molar-refractivity contribution in [2.45, 2.75) is 38.8 Å². The van der Waals surface area contributed by atoms with Crippen molar-refractivity contribution in [2.24, 2.45) is 0 Å². The highest BCUT2D eigenvalue weighted by Crippen LogP contribution is 2.15. The van der Waals surface area contributed by atoms with Gasteiger partial charge >= 0.3 is 6.09 Å². The lowest BCUT2D eigenvalue weighted by Gasteiger charge is -2.36. The molecular weight excluding hydrogens is 603 g/mol. The minimum Gasteiger partial charge on any atom is -0.410 e. The molecule has 2 unspecified atom stereocenters. The summed E-state index contributed by atoms with van der Waals surface area (Å²) < 4.78 is 5.42. The molecule has 5 rings (SSSR count). The summed E-state index contributed by atoms with van der Waals surface area (Å²) in [6.45, 7) is 11.5. The van der Waals surface area contributed by atoms with Gasteiger partial charge in [0.15, 0.2) is 0 Å². The molecule has 0 saturated carbocycles. The first-order valence-corrected chi connectivity index (χ1v) is 16.5. The molecule has 236 valence electrons. The van der Waals surface area contributed by atoms with Crippen LogP contribution in [0.5, 0.6) is 5.75 Å². The lowest BCUT2D eigenvalue weighted by Crippen LogP contribution is -2.52. The van der Waals surface area contributed by atoms with E-state index in [1.165, 1.54) is 0 Å². The Morgan fingerprint density at radius 1 is 0.733 bits per heavy atom. The molecule has 3 aromatic carbocycles. The molecule has 8 heteroatoms. The van der Waals surface area contributed by atoms with Gasteiger partial charge < -0.3 is 15.0 Å². The lowest BCUT2D eigenvalue weighted by molar-refractivity contribution is 0.0999. The fraction of sp³-hybridized carbons (Fsp3) is 0.378. The molecule has 2 heterocycles. The van der Waals surface area contributed by atoms with E-state index in [0.717, 1.165) is 68.3 Å². The SMILES string of the molecule is CCC(C#Cc1cccc(Cl)c1)N1CCN(C(=O)Oc2ccccc2)CC1.CCC(C#Cc1cccc(Cl)c1)N1CCNCC1. The summed E-state index contributed by atoms with van der Waals surface area (Å²) in [5, 5.41) is 4.81. The predicted octanol–water partition coefficient (Wildman–Crippen LogP) is 6.66. The van der Waals surface area contributed by atoms with Crippen molar-refractivity contribution in [2.75, 3.05) is 52.4 Å². The molecule has 2 atom stereocenters. The van der Waals surface area contributed by atoms with Crippen LogP contribution in [-0.2, 0) is 0 Å². The highest BCUT2D eigenvalue weighted by Gasteiger charge is 2.25. The van der Waals surface area contributed by atoms with Gasteiger partial charge in [0.1, 0.15) is 5.75 Å². The van der Waals surface area contributed by atoms with Crippen LogP contribution in [0.2, 0.25) is 10.0 Å². The summed E-state index contributed by atoms with van der Waals surface area (Å²) >= 11 is 12.0. The van der Waals surface area contributed by atoms with Crippen molar-refractivity contribution in [3.8, 4) is 29.4 Å². The topological polar surface area (TPSA) is 48.1 Å². The van der Waals surface area contributed by atoms with E-state index < -0.39 is 0 Å². The minimum absolute atomic E-state index is 0.163. The maximum absolute atomic E-state index is 12.3. The summed E-state index contributed by atoms with van der Waals surface area (Å²) in [4.78, 5) is 18.8. The maximum Gasteiger partial charge on any atom is 0.415 e. The Morgan fingerprint density at radius 2 is 1.24 bits per heavy atom. The number of ether oxygens (including phenoxy) is 1. The molecule has 2 aliphatic heterocycles. The Morgan fingerprint density at radius 3 is 1.73 bits per heavy atom. The van der Waals surface area contributed by atoms with E-state index >= 15 is 0 Å². The number of hydrogen-bond acceptors (Lipinski definition) is 5. The molecule has 6 nitrogen and oxygen atoms in total. The molecule has 3 aromatic rings. The van der Waals surface area contributed by atoms with Crippen LogP contribution in [0.3, 0.4) is 0 Å². The van der Waals surface area contributed by atoms with Gasteiger partial charge in [-0.25, -0.2) is 4.79 Å². The minimum atomic E-state index is -0.293. The van der Waals surface area contributed by atoms with E-state index in [-0.39, 0.29) is 12.1 Å². The van der Waals surface area contributed by atoms with Crippen molar-refractivity contribution in [3.05, 3.63) is 100 Å². The molecule has 1 N–H and O–H groups in total. The second-order valence-electron chi connectivity index (χ2n) is 10.9. The Kier molecular flexibility index (Phi) is 14.1. The van der Waals surface area contributed by atoms with Gasteiger partial charge in [-0.15, -0.1) is 0 Å². The largest absolute Gasteiger partial charge is 0.415 e. The van der Waals surface area contributed by atoms with Crippen LogP contribution < -0.4 is 10.1 Å². The average Bonchev–Trinajstić information content (AvgIpc) is 3.07. The number of nitrogens with one attached hydrogen (secondary N) is 1. The Balaban J connectivity index is 0.000000222. The molecule has 2 aliphatic rings. The van der Waals surface area contributed by atoms with Gasteiger partial charge in [0.25, 0.3) is 0 Å². The smallest absolute Gasteiger partial charge is 0.410 e. The summed E-state index contributed by atoms with van der Waals surface area (Å²) in [5.74, 6) is 13.8. The first-order chi connectivity index (χ1) is 21.9. The zero-order valence-electron chi connectivity index (χ0n) is 26.1. The van der Waals surface area contributed by atoms with Gasteiger partial charge in [-0.1, -0.05) is 91.1 Å². The van der Waals surface area contributed by atoms with Crippen LogP contribution in [0, 0.1) is 23.7 Å². The molecule has 0 aliphatic carbocycles. The van der Waals surface area contributed by atoms with E-state index in [4.69, 9.17) is 27.9 Å². The van der Waals surface area contributed by atoms with E-state index in [1.807, 2.05) is 66.7 Å². The lowest BCUT2D eigenvalue weighted by atomic mass is 10.1. The Bertz CT molecular complexity index is 1480. The third kappa shape index (κ3) is 11.4. The molecule has 45 heavy (non-hydrogen) atoms. The number of carbonyl (C=O) groups excluding carboxylic acids is 1. The molecule has 0 spiro atoms. The fourth-order valence-corrected chi connectivity index (χ4v) is 5.61. The number of nitrogens with zero attached hydrogens (tertiary/aromatic N) is 3. The zero-order valence-corrected chi connectivity index (χ0v) is 27.7. The maximum atomic E-state index is 12.3. The molecule has 2 fully saturated rings. The van der Waals surface area contributed by atoms with Crippen LogP contribution in [0.15, 0.2) is 78.9 Å². The monoisotopic (exact) mass is 644 g/mol. The molecule has 0 bridgehead atoms. The Hall–Kier alpha value is -3.49. The van der Waals surface area contributed by atoms with Crippen molar-refractivity contribution >= 4 is 29.3 Å². The van der Waals surface area contributed by atoms with Crippen molar-refractivity contribution in [1.82, 2.24) is 20.0 Å². The van der Waals surface area contributed by atoms with Crippen molar-refractivity contribution in [1.29, 1.82) is 0 Å². The first-order valence-electron chi connectivity index (χ1n) is 15.7. The van der Waals surface area contributed by atoms with Gasteiger partial charge in [-0.3, -0.25) is 9.80 Å². The van der Waals surface area contributed by atoms with Crippen molar-refractivity contribution < 1.29 is 9.53 Å². The standard InChI is InChI=1S/C22H23ClN2O2.C15H19ClN2/c1-2-20(12-11-18-7-6-8-19(23)17-18)24-13-15-25(16-14-24)22(26)27-21-9-4-3-5-10-21;1-2-15(18-10-8-17-9-11-18)7-6-13-4-3-5-14(16)12-13/h3-10,17,20H,2,13-16H2,1H3;3-5,12,15,17H,2,8-11H2,1H3. The summed E-state index contributed by atoms with van der Waals surface area (Å²) in [6.07, 6.45) is 1.70. The van der Waals surface area contributed by atoms with Gasteiger partial charge in [-0.05, 0) is 61.4 Å².